The predicted molar refractivity (Wildman–Crippen MR) is 113 cm³/mol. The molecule has 0 spiro atoms. The standard InChI is InChI=1S/C24H23FN4O/c1-4-13-28(16-20-7-5-19(15-26)6-8-20)24(30)14-23-17(2)27-29(18(23)3)22-11-9-21(25)10-12-22/h4-12H,1,13-14,16H2,2-3H3. The molecule has 5 nitrogen and oxygen atoms in total. The second kappa shape index (κ2) is 9.19. The van der Waals surface area contributed by atoms with Crippen molar-refractivity contribution in [3.63, 3.8) is 0 Å². The first-order valence-electron chi connectivity index (χ1n) is 9.61. The molecule has 3 rings (SSSR count). The number of rotatable bonds is 7. The molecule has 0 aliphatic rings. The fourth-order valence-electron chi connectivity index (χ4n) is 3.34. The van der Waals surface area contributed by atoms with Crippen molar-refractivity contribution in [3.05, 3.63) is 95.1 Å². The Morgan fingerprint density at radius 3 is 2.47 bits per heavy atom. The van der Waals surface area contributed by atoms with E-state index >= 15 is 0 Å². The van der Waals surface area contributed by atoms with Crippen molar-refractivity contribution >= 4 is 5.91 Å². The molecular weight excluding hydrogens is 379 g/mol. The molecular formula is C24H23FN4O. The van der Waals surface area contributed by atoms with Crippen LogP contribution in [0, 0.1) is 31.0 Å². The number of nitrogens with zero attached hydrogens (tertiary/aromatic N) is 4. The molecule has 1 aromatic heterocycles. The number of halogens is 1. The van der Waals surface area contributed by atoms with Gasteiger partial charge in [0.15, 0.2) is 0 Å². The van der Waals surface area contributed by atoms with Crippen LogP contribution in [0.25, 0.3) is 5.69 Å². The SMILES string of the molecule is C=CCN(Cc1ccc(C#N)cc1)C(=O)Cc1c(C)nn(-c2ccc(F)cc2)c1C. The summed E-state index contributed by atoms with van der Waals surface area (Å²) in [7, 11) is 0. The highest BCUT2D eigenvalue weighted by atomic mass is 19.1. The second-order valence-corrected chi connectivity index (χ2v) is 7.09. The smallest absolute Gasteiger partial charge is 0.227 e. The second-order valence-electron chi connectivity index (χ2n) is 7.09. The fourth-order valence-corrected chi connectivity index (χ4v) is 3.34. The van der Waals surface area contributed by atoms with Crippen LogP contribution in [0.3, 0.4) is 0 Å². The summed E-state index contributed by atoms with van der Waals surface area (Å²) in [6.45, 7) is 8.39. The van der Waals surface area contributed by atoms with E-state index in [2.05, 4.69) is 17.7 Å². The van der Waals surface area contributed by atoms with E-state index in [9.17, 15) is 9.18 Å². The van der Waals surface area contributed by atoms with Gasteiger partial charge in [-0.25, -0.2) is 9.07 Å². The summed E-state index contributed by atoms with van der Waals surface area (Å²) >= 11 is 0. The van der Waals surface area contributed by atoms with Gasteiger partial charge in [0, 0.05) is 24.3 Å². The molecule has 3 aromatic rings. The Balaban J connectivity index is 1.80. The molecule has 1 amide bonds. The number of carbonyl (C=O) groups excluding carboxylic acids is 1. The van der Waals surface area contributed by atoms with E-state index in [0.717, 1.165) is 28.2 Å². The van der Waals surface area contributed by atoms with Crippen molar-refractivity contribution in [2.24, 2.45) is 0 Å². The first-order valence-corrected chi connectivity index (χ1v) is 9.61. The molecule has 2 aromatic carbocycles. The van der Waals surface area contributed by atoms with Crippen molar-refractivity contribution in [2.75, 3.05) is 6.54 Å². The minimum absolute atomic E-state index is 0.0379. The number of hydrogen-bond acceptors (Lipinski definition) is 3. The Hall–Kier alpha value is -3.72. The van der Waals surface area contributed by atoms with Crippen LogP contribution in [0.15, 0.2) is 61.2 Å². The summed E-state index contributed by atoms with van der Waals surface area (Å²) in [5.74, 6) is -0.345. The Labute approximate surface area is 175 Å². The highest BCUT2D eigenvalue weighted by Crippen LogP contribution is 2.20. The monoisotopic (exact) mass is 402 g/mol. The number of aromatic nitrogens is 2. The Morgan fingerprint density at radius 2 is 1.87 bits per heavy atom. The first-order chi connectivity index (χ1) is 14.4. The normalized spacial score (nSPS) is 10.5. The molecule has 0 N–H and O–H groups in total. The van der Waals surface area contributed by atoms with Crippen molar-refractivity contribution < 1.29 is 9.18 Å². The van der Waals surface area contributed by atoms with Crippen LogP contribution >= 0.6 is 0 Å². The molecule has 0 aliphatic carbocycles. The summed E-state index contributed by atoms with van der Waals surface area (Å²) in [5, 5.41) is 13.5. The van der Waals surface area contributed by atoms with Gasteiger partial charge in [-0.05, 0) is 55.8 Å². The molecule has 6 heteroatoms. The summed E-state index contributed by atoms with van der Waals surface area (Å²) in [6, 6.07) is 15.4. The Morgan fingerprint density at radius 1 is 1.20 bits per heavy atom. The molecule has 0 atom stereocenters. The van der Waals surface area contributed by atoms with Crippen LogP contribution in [0.4, 0.5) is 4.39 Å². The van der Waals surface area contributed by atoms with Gasteiger partial charge < -0.3 is 4.90 Å². The highest BCUT2D eigenvalue weighted by molar-refractivity contribution is 5.79. The van der Waals surface area contributed by atoms with Crippen LogP contribution in [-0.4, -0.2) is 27.1 Å². The summed E-state index contributed by atoms with van der Waals surface area (Å²) in [5.41, 5.74) is 4.75. The lowest BCUT2D eigenvalue weighted by Crippen LogP contribution is -2.32. The average Bonchev–Trinajstić information content (AvgIpc) is 3.02. The Bertz CT molecular complexity index is 1090. The van der Waals surface area contributed by atoms with Crippen molar-refractivity contribution in [3.8, 4) is 11.8 Å². The van der Waals surface area contributed by atoms with Crippen molar-refractivity contribution in [1.29, 1.82) is 5.26 Å². The zero-order chi connectivity index (χ0) is 21.7. The molecule has 0 saturated heterocycles. The van der Waals surface area contributed by atoms with E-state index in [1.807, 2.05) is 26.0 Å². The van der Waals surface area contributed by atoms with E-state index in [0.29, 0.717) is 18.7 Å². The lowest BCUT2D eigenvalue weighted by molar-refractivity contribution is -0.130. The van der Waals surface area contributed by atoms with Crippen LogP contribution in [0.5, 0.6) is 0 Å². The maximum absolute atomic E-state index is 13.2. The number of carbonyl (C=O) groups is 1. The third kappa shape index (κ3) is 4.64. The molecule has 0 radical (unpaired) electrons. The van der Waals surface area contributed by atoms with E-state index in [1.165, 1.54) is 12.1 Å². The number of hydrogen-bond donors (Lipinski definition) is 0. The molecule has 1 heterocycles. The number of aryl methyl sites for hydroxylation is 1. The third-order valence-electron chi connectivity index (χ3n) is 5.00. The van der Waals surface area contributed by atoms with Gasteiger partial charge in [-0.1, -0.05) is 18.2 Å². The average molecular weight is 402 g/mol. The van der Waals surface area contributed by atoms with Crippen molar-refractivity contribution in [2.45, 2.75) is 26.8 Å². The summed E-state index contributed by atoms with van der Waals surface area (Å²) in [4.78, 5) is 14.8. The molecule has 152 valence electrons. The van der Waals surface area contributed by atoms with E-state index in [1.54, 1.807) is 39.9 Å². The number of benzene rings is 2. The lowest BCUT2D eigenvalue weighted by atomic mass is 10.1. The zero-order valence-corrected chi connectivity index (χ0v) is 17.1. The maximum atomic E-state index is 13.2. The Kier molecular flexibility index (Phi) is 6.43. The van der Waals surface area contributed by atoms with E-state index in [-0.39, 0.29) is 18.1 Å². The number of amides is 1. The summed E-state index contributed by atoms with van der Waals surface area (Å²) < 4.78 is 15.0. The van der Waals surface area contributed by atoms with Gasteiger partial charge in [0.1, 0.15) is 5.82 Å². The molecule has 30 heavy (non-hydrogen) atoms. The minimum Gasteiger partial charge on any atom is -0.334 e. The van der Waals surface area contributed by atoms with Crippen LogP contribution in [0.2, 0.25) is 0 Å². The van der Waals surface area contributed by atoms with Gasteiger partial charge >= 0.3 is 0 Å². The lowest BCUT2D eigenvalue weighted by Gasteiger charge is -2.21. The molecule has 0 unspecified atom stereocenters. The largest absolute Gasteiger partial charge is 0.334 e. The van der Waals surface area contributed by atoms with Crippen LogP contribution in [0.1, 0.15) is 28.1 Å². The molecule has 0 bridgehead atoms. The summed E-state index contributed by atoms with van der Waals surface area (Å²) in [6.07, 6.45) is 1.91. The quantitative estimate of drug-likeness (QED) is 0.555. The van der Waals surface area contributed by atoms with Gasteiger partial charge in [0.25, 0.3) is 0 Å². The first kappa shape index (κ1) is 21.0. The highest BCUT2D eigenvalue weighted by Gasteiger charge is 2.20. The fraction of sp³-hybridized carbons (Fsp3) is 0.208. The van der Waals surface area contributed by atoms with Gasteiger partial charge in [0.2, 0.25) is 5.91 Å². The number of nitriles is 1. The van der Waals surface area contributed by atoms with E-state index in [4.69, 9.17) is 5.26 Å². The van der Waals surface area contributed by atoms with E-state index < -0.39 is 0 Å². The van der Waals surface area contributed by atoms with Gasteiger partial charge in [-0.3, -0.25) is 4.79 Å². The van der Waals surface area contributed by atoms with Crippen LogP contribution < -0.4 is 0 Å². The van der Waals surface area contributed by atoms with Crippen molar-refractivity contribution in [1.82, 2.24) is 14.7 Å². The molecule has 0 fully saturated rings. The third-order valence-corrected chi connectivity index (χ3v) is 5.00. The molecule has 0 aliphatic heterocycles. The maximum Gasteiger partial charge on any atom is 0.227 e. The van der Waals surface area contributed by atoms with Crippen LogP contribution in [-0.2, 0) is 17.8 Å². The zero-order valence-electron chi connectivity index (χ0n) is 17.1. The minimum atomic E-state index is -0.307. The van der Waals surface area contributed by atoms with Gasteiger partial charge in [-0.2, -0.15) is 10.4 Å². The molecule has 0 saturated carbocycles. The topological polar surface area (TPSA) is 61.9 Å². The predicted octanol–water partition coefficient (Wildman–Crippen LogP) is 4.26. The van der Waals surface area contributed by atoms with Gasteiger partial charge in [0.05, 0.1) is 29.4 Å². The van der Waals surface area contributed by atoms with Gasteiger partial charge in [-0.15, -0.1) is 6.58 Å².